The van der Waals surface area contributed by atoms with Crippen LogP contribution in [0.3, 0.4) is 0 Å². The molecule has 4 nitrogen and oxygen atoms in total. The zero-order valence-electron chi connectivity index (χ0n) is 10.3. The molecule has 1 fully saturated rings. The first-order valence-corrected chi connectivity index (χ1v) is 6.05. The molecule has 0 bridgehead atoms. The Morgan fingerprint density at radius 3 is 3.06 bits per heavy atom. The molecule has 3 unspecified atom stereocenters. The van der Waals surface area contributed by atoms with E-state index in [1.54, 1.807) is 7.11 Å². The molecule has 16 heavy (non-hydrogen) atoms. The predicted molar refractivity (Wildman–Crippen MR) is 63.5 cm³/mol. The molecule has 2 rings (SSSR count). The minimum Gasteiger partial charge on any atom is -0.380 e. The highest BCUT2D eigenvalue weighted by Gasteiger charge is 2.27. The Hall–Kier alpha value is -0.870. The molecule has 0 aromatic carbocycles. The summed E-state index contributed by atoms with van der Waals surface area (Å²) < 4.78 is 5.33. The van der Waals surface area contributed by atoms with E-state index < -0.39 is 0 Å². The first-order valence-electron chi connectivity index (χ1n) is 6.05. The van der Waals surface area contributed by atoms with E-state index in [2.05, 4.69) is 29.1 Å². The van der Waals surface area contributed by atoms with E-state index in [9.17, 15) is 0 Å². The van der Waals surface area contributed by atoms with Crippen molar-refractivity contribution in [2.75, 3.05) is 13.7 Å². The summed E-state index contributed by atoms with van der Waals surface area (Å²) in [5.74, 6) is 1.61. The second kappa shape index (κ2) is 4.97. The van der Waals surface area contributed by atoms with Crippen molar-refractivity contribution in [2.24, 2.45) is 0 Å². The zero-order valence-corrected chi connectivity index (χ0v) is 10.3. The van der Waals surface area contributed by atoms with Gasteiger partial charge in [0.2, 0.25) is 0 Å². The molecule has 1 saturated heterocycles. The highest BCUT2D eigenvalue weighted by molar-refractivity contribution is 5.10. The fourth-order valence-corrected chi connectivity index (χ4v) is 2.09. The molecular formula is C12H21N3O. The first kappa shape index (κ1) is 11.6. The lowest BCUT2D eigenvalue weighted by Gasteiger charge is -2.08. The van der Waals surface area contributed by atoms with Gasteiger partial charge in [0.05, 0.1) is 12.1 Å². The lowest BCUT2D eigenvalue weighted by atomic mass is 10.1. The third-order valence-corrected chi connectivity index (χ3v) is 3.51. The van der Waals surface area contributed by atoms with E-state index in [0.717, 1.165) is 25.2 Å². The van der Waals surface area contributed by atoms with Crippen LogP contribution in [0.2, 0.25) is 0 Å². The van der Waals surface area contributed by atoms with Gasteiger partial charge >= 0.3 is 0 Å². The van der Waals surface area contributed by atoms with Crippen LogP contribution in [-0.2, 0) is 4.74 Å². The van der Waals surface area contributed by atoms with E-state index in [-0.39, 0.29) is 0 Å². The monoisotopic (exact) mass is 223 g/mol. The molecule has 2 N–H and O–H groups in total. The van der Waals surface area contributed by atoms with E-state index in [4.69, 9.17) is 4.74 Å². The average Bonchev–Trinajstić information content (AvgIpc) is 2.95. The molecular weight excluding hydrogens is 202 g/mol. The Morgan fingerprint density at radius 2 is 2.44 bits per heavy atom. The number of rotatable bonds is 4. The Morgan fingerprint density at radius 1 is 1.62 bits per heavy atom. The molecule has 0 saturated carbocycles. The quantitative estimate of drug-likeness (QED) is 0.820. The summed E-state index contributed by atoms with van der Waals surface area (Å²) in [6.45, 7) is 5.33. The maximum atomic E-state index is 5.33. The molecule has 0 spiro atoms. The number of H-pyrrole nitrogens is 1. The number of ether oxygens (including phenoxy) is 1. The Balaban J connectivity index is 2.02. The minimum absolute atomic E-state index is 0.321. The molecule has 3 atom stereocenters. The van der Waals surface area contributed by atoms with Gasteiger partial charge in [-0.1, -0.05) is 13.8 Å². The van der Waals surface area contributed by atoms with Crippen molar-refractivity contribution in [3.8, 4) is 0 Å². The smallest absolute Gasteiger partial charge is 0.123 e. The van der Waals surface area contributed by atoms with Gasteiger partial charge in [-0.25, -0.2) is 4.98 Å². The number of imidazole rings is 1. The number of methoxy groups -OCH3 is 1. The predicted octanol–water partition coefficient (Wildman–Crippen LogP) is 1.97. The maximum Gasteiger partial charge on any atom is 0.123 e. The van der Waals surface area contributed by atoms with Crippen LogP contribution < -0.4 is 5.32 Å². The number of hydrogen-bond acceptors (Lipinski definition) is 3. The van der Waals surface area contributed by atoms with E-state index in [1.165, 1.54) is 5.69 Å². The van der Waals surface area contributed by atoms with Crippen LogP contribution in [0.1, 0.15) is 50.2 Å². The molecule has 90 valence electrons. The Kier molecular flexibility index (Phi) is 3.61. The highest BCUT2D eigenvalue weighted by Crippen LogP contribution is 2.24. The first-order chi connectivity index (χ1) is 7.74. The van der Waals surface area contributed by atoms with E-state index in [1.807, 2.05) is 6.20 Å². The Labute approximate surface area is 96.8 Å². The Bertz CT molecular complexity index is 337. The molecule has 2 heterocycles. The van der Waals surface area contributed by atoms with Gasteiger partial charge in [-0.15, -0.1) is 0 Å². The molecule has 1 aromatic rings. The van der Waals surface area contributed by atoms with Crippen LogP contribution in [-0.4, -0.2) is 29.7 Å². The van der Waals surface area contributed by atoms with E-state index >= 15 is 0 Å². The molecule has 4 heteroatoms. The molecule has 1 aromatic heterocycles. The van der Waals surface area contributed by atoms with Crippen LogP contribution in [0.4, 0.5) is 0 Å². The van der Waals surface area contributed by atoms with Crippen molar-refractivity contribution in [1.29, 1.82) is 0 Å². The van der Waals surface area contributed by atoms with Gasteiger partial charge < -0.3 is 15.0 Å². The van der Waals surface area contributed by atoms with Crippen molar-refractivity contribution in [2.45, 2.75) is 44.8 Å². The van der Waals surface area contributed by atoms with Gasteiger partial charge in [0.1, 0.15) is 5.82 Å². The summed E-state index contributed by atoms with van der Waals surface area (Å²) in [7, 11) is 1.77. The summed E-state index contributed by atoms with van der Waals surface area (Å²) in [5, 5.41) is 3.43. The fraction of sp³-hybridized carbons (Fsp3) is 0.750. The lowest BCUT2D eigenvalue weighted by molar-refractivity contribution is 0.117. The topological polar surface area (TPSA) is 49.9 Å². The van der Waals surface area contributed by atoms with Gasteiger partial charge in [-0.2, -0.15) is 0 Å². The maximum absolute atomic E-state index is 5.33. The number of aromatic amines is 1. The number of nitrogens with one attached hydrogen (secondary N) is 2. The average molecular weight is 223 g/mol. The van der Waals surface area contributed by atoms with Crippen molar-refractivity contribution in [1.82, 2.24) is 15.3 Å². The summed E-state index contributed by atoms with van der Waals surface area (Å²) >= 11 is 0. The van der Waals surface area contributed by atoms with Crippen LogP contribution >= 0.6 is 0 Å². The second-order valence-electron chi connectivity index (χ2n) is 4.59. The highest BCUT2D eigenvalue weighted by atomic mass is 16.5. The summed E-state index contributed by atoms with van der Waals surface area (Å²) in [4.78, 5) is 7.88. The molecule has 1 aliphatic rings. The van der Waals surface area contributed by atoms with Crippen LogP contribution in [0.25, 0.3) is 0 Å². The van der Waals surface area contributed by atoms with Crippen molar-refractivity contribution in [3.05, 3.63) is 17.7 Å². The summed E-state index contributed by atoms with van der Waals surface area (Å²) in [6, 6.07) is 0.322. The fourth-order valence-electron chi connectivity index (χ4n) is 2.09. The minimum atomic E-state index is 0.321. The van der Waals surface area contributed by atoms with Gasteiger partial charge in [0.25, 0.3) is 0 Å². The summed E-state index contributed by atoms with van der Waals surface area (Å²) in [5.41, 5.74) is 1.24. The number of nitrogens with zero attached hydrogens (tertiary/aromatic N) is 1. The second-order valence-corrected chi connectivity index (χ2v) is 4.59. The van der Waals surface area contributed by atoms with Crippen molar-refractivity contribution >= 4 is 0 Å². The van der Waals surface area contributed by atoms with Crippen LogP contribution in [0.15, 0.2) is 6.20 Å². The van der Waals surface area contributed by atoms with Crippen molar-refractivity contribution in [3.63, 3.8) is 0 Å². The zero-order chi connectivity index (χ0) is 11.5. The normalized spacial score (nSPS) is 27.2. The third-order valence-electron chi connectivity index (χ3n) is 3.51. The molecule has 1 aliphatic heterocycles. The standard InChI is InChI=1S/C12H21N3O/c1-4-8(2)11-7-14-12(15-11)10-5-9(16-3)6-13-10/h7-10,13H,4-6H2,1-3H3,(H,14,15). The lowest BCUT2D eigenvalue weighted by Crippen LogP contribution is -2.16. The largest absolute Gasteiger partial charge is 0.380 e. The number of hydrogen-bond donors (Lipinski definition) is 2. The molecule has 0 aliphatic carbocycles. The van der Waals surface area contributed by atoms with E-state index in [0.29, 0.717) is 18.1 Å². The van der Waals surface area contributed by atoms with Crippen LogP contribution in [0.5, 0.6) is 0 Å². The van der Waals surface area contributed by atoms with Crippen LogP contribution in [0, 0.1) is 0 Å². The third kappa shape index (κ3) is 2.28. The molecule has 0 radical (unpaired) electrons. The van der Waals surface area contributed by atoms with Gasteiger partial charge in [0, 0.05) is 25.5 Å². The summed E-state index contributed by atoms with van der Waals surface area (Å²) in [6.07, 6.45) is 4.43. The van der Waals surface area contributed by atoms with Crippen molar-refractivity contribution < 1.29 is 4.74 Å². The van der Waals surface area contributed by atoms with Gasteiger partial charge in [-0.05, 0) is 18.8 Å². The van der Waals surface area contributed by atoms with Gasteiger partial charge in [-0.3, -0.25) is 0 Å². The van der Waals surface area contributed by atoms with Gasteiger partial charge in [0.15, 0.2) is 0 Å². The SMILES string of the molecule is CCC(C)c1cnc(C2CC(OC)CN2)[nH]1. The number of aromatic nitrogens is 2. The molecule has 0 amide bonds.